The Morgan fingerprint density at radius 1 is 1.16 bits per heavy atom. The molecule has 1 aromatic carbocycles. The fourth-order valence-corrected chi connectivity index (χ4v) is 3.23. The van der Waals surface area contributed by atoms with Gasteiger partial charge in [-0.15, -0.1) is 0 Å². The molecule has 2 aromatic rings. The molecule has 3 rings (SSSR count). The van der Waals surface area contributed by atoms with Crippen molar-refractivity contribution in [3.8, 4) is 0 Å². The van der Waals surface area contributed by atoms with E-state index in [0.29, 0.717) is 31.6 Å². The second-order valence-corrected chi connectivity index (χ2v) is 6.31. The van der Waals surface area contributed by atoms with Crippen molar-refractivity contribution in [2.45, 2.75) is 32.4 Å². The first-order chi connectivity index (χ1) is 12.2. The van der Waals surface area contributed by atoms with Gasteiger partial charge in [0.15, 0.2) is 0 Å². The third kappa shape index (κ3) is 4.05. The summed E-state index contributed by atoms with van der Waals surface area (Å²) in [7, 11) is 0. The molecule has 0 radical (unpaired) electrons. The fraction of sp³-hybridized carbons (Fsp3) is 0.350. The summed E-state index contributed by atoms with van der Waals surface area (Å²) in [6, 6.07) is 13.5. The summed E-state index contributed by atoms with van der Waals surface area (Å²) >= 11 is 0. The van der Waals surface area contributed by atoms with Gasteiger partial charge in [0.05, 0.1) is 0 Å². The van der Waals surface area contributed by atoms with E-state index < -0.39 is 0 Å². The van der Waals surface area contributed by atoms with Crippen molar-refractivity contribution in [2.24, 2.45) is 0 Å². The highest BCUT2D eigenvalue weighted by Gasteiger charge is 2.30. The normalized spacial score (nSPS) is 18.1. The van der Waals surface area contributed by atoms with Crippen molar-refractivity contribution >= 4 is 11.8 Å². The Hall–Kier alpha value is -2.69. The number of carbonyl (C=O) groups excluding carboxylic acids is 2. The average Bonchev–Trinajstić information content (AvgIpc) is 2.82. The van der Waals surface area contributed by atoms with Gasteiger partial charge in [0.1, 0.15) is 0 Å². The summed E-state index contributed by atoms with van der Waals surface area (Å²) in [6.07, 6.45) is 4.42. The van der Waals surface area contributed by atoms with Gasteiger partial charge in [0.2, 0.25) is 5.91 Å². The summed E-state index contributed by atoms with van der Waals surface area (Å²) < 4.78 is 0. The van der Waals surface area contributed by atoms with Crippen LogP contribution in [0.1, 0.15) is 35.7 Å². The predicted molar refractivity (Wildman–Crippen MR) is 95.8 cm³/mol. The monoisotopic (exact) mass is 337 g/mol. The van der Waals surface area contributed by atoms with Gasteiger partial charge in [0.25, 0.3) is 5.91 Å². The van der Waals surface area contributed by atoms with Crippen LogP contribution in [0.3, 0.4) is 0 Å². The lowest BCUT2D eigenvalue weighted by molar-refractivity contribution is -0.133. The van der Waals surface area contributed by atoms with Gasteiger partial charge in [0, 0.05) is 50.1 Å². The van der Waals surface area contributed by atoms with Crippen LogP contribution in [-0.4, -0.2) is 45.7 Å². The molecule has 25 heavy (non-hydrogen) atoms. The van der Waals surface area contributed by atoms with E-state index in [9.17, 15) is 9.59 Å². The standard InChI is InChI=1S/C20H23N3O2/c1-2-18-15-22(20(25)17-8-11-21-12-9-17)13-10-19(24)23(18)14-16-6-4-3-5-7-16/h3-9,11-12,18H,2,10,13-15H2,1H3/t18-/m1/s1. The van der Waals surface area contributed by atoms with Gasteiger partial charge < -0.3 is 9.80 Å². The second-order valence-electron chi connectivity index (χ2n) is 6.31. The molecule has 1 saturated heterocycles. The number of benzene rings is 1. The minimum Gasteiger partial charge on any atom is -0.336 e. The minimum atomic E-state index is -0.0322. The topological polar surface area (TPSA) is 53.5 Å². The molecule has 0 aliphatic carbocycles. The zero-order valence-corrected chi connectivity index (χ0v) is 14.5. The molecule has 0 bridgehead atoms. The second kappa shape index (κ2) is 7.92. The van der Waals surface area contributed by atoms with Crippen molar-refractivity contribution in [3.05, 3.63) is 66.0 Å². The van der Waals surface area contributed by atoms with Crippen LogP contribution in [-0.2, 0) is 11.3 Å². The number of rotatable bonds is 4. The zero-order chi connectivity index (χ0) is 17.6. The molecule has 0 saturated carbocycles. The predicted octanol–water partition coefficient (Wildman–Crippen LogP) is 2.73. The summed E-state index contributed by atoms with van der Waals surface area (Å²) in [5.74, 6) is 0.0796. The lowest BCUT2D eigenvalue weighted by Crippen LogP contribution is -2.43. The molecule has 1 fully saturated rings. The van der Waals surface area contributed by atoms with Crippen LogP contribution in [0.5, 0.6) is 0 Å². The highest BCUT2D eigenvalue weighted by molar-refractivity contribution is 5.94. The quantitative estimate of drug-likeness (QED) is 0.862. The van der Waals surface area contributed by atoms with E-state index in [-0.39, 0.29) is 17.9 Å². The molecule has 0 spiro atoms. The Labute approximate surface area is 148 Å². The molecule has 5 heteroatoms. The van der Waals surface area contributed by atoms with Crippen LogP contribution in [0.25, 0.3) is 0 Å². The number of pyridine rings is 1. The first-order valence-electron chi connectivity index (χ1n) is 8.71. The number of nitrogens with zero attached hydrogens (tertiary/aromatic N) is 3. The summed E-state index contributed by atoms with van der Waals surface area (Å²) in [4.78, 5) is 33.1. The third-order valence-electron chi connectivity index (χ3n) is 4.67. The van der Waals surface area contributed by atoms with Crippen molar-refractivity contribution in [1.29, 1.82) is 0 Å². The van der Waals surface area contributed by atoms with Gasteiger partial charge in [-0.1, -0.05) is 37.3 Å². The molecule has 0 N–H and O–H groups in total. The molecule has 1 aliphatic rings. The van der Waals surface area contributed by atoms with E-state index in [1.54, 1.807) is 29.4 Å². The van der Waals surface area contributed by atoms with E-state index in [4.69, 9.17) is 0 Å². The molecular formula is C20H23N3O2. The molecule has 1 atom stereocenters. The zero-order valence-electron chi connectivity index (χ0n) is 14.5. The molecule has 2 amide bonds. The van der Waals surface area contributed by atoms with Crippen LogP contribution in [0.2, 0.25) is 0 Å². The molecule has 0 unspecified atom stereocenters. The van der Waals surface area contributed by atoms with Crippen molar-refractivity contribution in [2.75, 3.05) is 13.1 Å². The number of hydrogen-bond acceptors (Lipinski definition) is 3. The molecule has 2 heterocycles. The Kier molecular flexibility index (Phi) is 5.43. The van der Waals surface area contributed by atoms with Crippen LogP contribution < -0.4 is 0 Å². The van der Waals surface area contributed by atoms with E-state index in [2.05, 4.69) is 11.9 Å². The van der Waals surface area contributed by atoms with Crippen LogP contribution >= 0.6 is 0 Å². The number of amides is 2. The maximum absolute atomic E-state index is 12.8. The average molecular weight is 337 g/mol. The first kappa shape index (κ1) is 17.1. The van der Waals surface area contributed by atoms with Crippen LogP contribution in [0.15, 0.2) is 54.9 Å². The van der Waals surface area contributed by atoms with Crippen molar-refractivity contribution in [3.63, 3.8) is 0 Å². The van der Waals surface area contributed by atoms with Gasteiger partial charge in [-0.25, -0.2) is 0 Å². The molecular weight excluding hydrogens is 314 g/mol. The minimum absolute atomic E-state index is 0.0287. The van der Waals surface area contributed by atoms with Crippen LogP contribution in [0.4, 0.5) is 0 Å². The van der Waals surface area contributed by atoms with E-state index in [1.807, 2.05) is 35.2 Å². The summed E-state index contributed by atoms with van der Waals surface area (Å²) in [5.41, 5.74) is 1.73. The Morgan fingerprint density at radius 2 is 1.88 bits per heavy atom. The van der Waals surface area contributed by atoms with Crippen molar-refractivity contribution < 1.29 is 9.59 Å². The Morgan fingerprint density at radius 3 is 2.56 bits per heavy atom. The molecule has 5 nitrogen and oxygen atoms in total. The first-order valence-corrected chi connectivity index (χ1v) is 8.71. The SMILES string of the molecule is CC[C@@H]1CN(C(=O)c2ccncc2)CCC(=O)N1Cc1ccccc1. The van der Waals surface area contributed by atoms with Crippen molar-refractivity contribution in [1.82, 2.24) is 14.8 Å². The maximum Gasteiger partial charge on any atom is 0.254 e. The molecule has 130 valence electrons. The number of hydrogen-bond donors (Lipinski definition) is 0. The van der Waals surface area contributed by atoms with Gasteiger partial charge in [-0.2, -0.15) is 0 Å². The highest BCUT2D eigenvalue weighted by atomic mass is 16.2. The number of carbonyl (C=O) groups is 2. The van der Waals surface area contributed by atoms with Gasteiger partial charge in [-0.3, -0.25) is 14.6 Å². The smallest absolute Gasteiger partial charge is 0.254 e. The summed E-state index contributed by atoms with van der Waals surface area (Å²) in [5, 5.41) is 0. The number of aromatic nitrogens is 1. The highest BCUT2D eigenvalue weighted by Crippen LogP contribution is 2.19. The molecule has 1 aliphatic heterocycles. The lowest BCUT2D eigenvalue weighted by Gasteiger charge is -2.31. The van der Waals surface area contributed by atoms with Crippen LogP contribution in [0, 0.1) is 0 Å². The van der Waals surface area contributed by atoms with Gasteiger partial charge in [-0.05, 0) is 24.1 Å². The molecule has 1 aromatic heterocycles. The fourth-order valence-electron chi connectivity index (χ4n) is 3.23. The van der Waals surface area contributed by atoms with Gasteiger partial charge >= 0.3 is 0 Å². The lowest BCUT2D eigenvalue weighted by atomic mass is 10.1. The van der Waals surface area contributed by atoms with E-state index in [1.165, 1.54) is 0 Å². The summed E-state index contributed by atoms with van der Waals surface area (Å²) in [6.45, 7) is 3.68. The van der Waals surface area contributed by atoms with E-state index >= 15 is 0 Å². The van der Waals surface area contributed by atoms with E-state index in [0.717, 1.165) is 12.0 Å². The maximum atomic E-state index is 12.8. The third-order valence-corrected chi connectivity index (χ3v) is 4.67. The Balaban J connectivity index is 1.77. The largest absolute Gasteiger partial charge is 0.336 e. The Bertz CT molecular complexity index is 718.